The molecule has 1 saturated heterocycles. The monoisotopic (exact) mass is 282 g/mol. The first-order valence-corrected chi connectivity index (χ1v) is 7.41. The van der Waals surface area contributed by atoms with E-state index in [2.05, 4.69) is 0 Å². The van der Waals surface area contributed by atoms with E-state index in [1.807, 2.05) is 49.4 Å². The van der Waals surface area contributed by atoms with Gasteiger partial charge in [0.1, 0.15) is 17.3 Å². The van der Waals surface area contributed by atoms with Gasteiger partial charge in [-0.05, 0) is 43.5 Å². The molecule has 1 aromatic heterocycles. The number of para-hydroxylation sites is 1. The van der Waals surface area contributed by atoms with E-state index in [0.29, 0.717) is 0 Å². The third-order valence-corrected chi connectivity index (χ3v) is 4.54. The standard InChI is InChI=1S/C18H18O3/c1-18(9-4-10-20-18)17(19)12-7-8-16-14(11-12)13-5-2-3-6-15(13)21-16/h2-3,5-8,11,17,19H,4,9-10H2,1H3. The highest BCUT2D eigenvalue weighted by atomic mass is 16.5. The van der Waals surface area contributed by atoms with Crippen LogP contribution in [0.1, 0.15) is 31.4 Å². The van der Waals surface area contributed by atoms with Gasteiger partial charge in [-0.2, -0.15) is 0 Å². The maximum absolute atomic E-state index is 10.7. The molecule has 0 radical (unpaired) electrons. The highest BCUT2D eigenvalue weighted by Crippen LogP contribution is 2.39. The van der Waals surface area contributed by atoms with Gasteiger partial charge in [-0.15, -0.1) is 0 Å². The summed E-state index contributed by atoms with van der Waals surface area (Å²) in [5, 5.41) is 12.8. The molecule has 4 rings (SSSR count). The van der Waals surface area contributed by atoms with Crippen LogP contribution >= 0.6 is 0 Å². The summed E-state index contributed by atoms with van der Waals surface area (Å²) in [7, 11) is 0. The Kier molecular flexibility index (Phi) is 2.81. The van der Waals surface area contributed by atoms with E-state index in [0.717, 1.165) is 47.0 Å². The van der Waals surface area contributed by atoms with E-state index >= 15 is 0 Å². The maximum atomic E-state index is 10.7. The smallest absolute Gasteiger partial charge is 0.135 e. The Morgan fingerprint density at radius 2 is 1.90 bits per heavy atom. The first kappa shape index (κ1) is 12.9. The second-order valence-corrected chi connectivity index (χ2v) is 6.02. The second-order valence-electron chi connectivity index (χ2n) is 6.02. The topological polar surface area (TPSA) is 42.6 Å². The van der Waals surface area contributed by atoms with Crippen LogP contribution in [0.25, 0.3) is 21.9 Å². The Morgan fingerprint density at radius 1 is 1.10 bits per heavy atom. The predicted molar refractivity (Wildman–Crippen MR) is 82.3 cm³/mol. The first-order valence-electron chi connectivity index (χ1n) is 7.41. The lowest BCUT2D eigenvalue weighted by Gasteiger charge is -2.29. The highest BCUT2D eigenvalue weighted by molar-refractivity contribution is 6.05. The van der Waals surface area contributed by atoms with Gasteiger partial charge < -0.3 is 14.3 Å². The molecule has 1 aliphatic rings. The number of furan rings is 1. The highest BCUT2D eigenvalue weighted by Gasteiger charge is 2.38. The summed E-state index contributed by atoms with van der Waals surface area (Å²) < 4.78 is 11.6. The van der Waals surface area contributed by atoms with Crippen molar-refractivity contribution in [3.8, 4) is 0 Å². The number of aliphatic hydroxyl groups excluding tert-OH is 1. The van der Waals surface area contributed by atoms with Crippen LogP contribution in [0.15, 0.2) is 46.9 Å². The Balaban J connectivity index is 1.84. The second kappa shape index (κ2) is 4.58. The molecular formula is C18H18O3. The molecule has 2 atom stereocenters. The van der Waals surface area contributed by atoms with Crippen molar-refractivity contribution < 1.29 is 14.3 Å². The minimum absolute atomic E-state index is 0.479. The van der Waals surface area contributed by atoms with Crippen molar-refractivity contribution in [1.82, 2.24) is 0 Å². The van der Waals surface area contributed by atoms with E-state index in [1.54, 1.807) is 0 Å². The molecule has 0 amide bonds. The molecule has 3 heteroatoms. The molecule has 0 bridgehead atoms. The molecule has 1 fully saturated rings. The van der Waals surface area contributed by atoms with Crippen LogP contribution in [0.4, 0.5) is 0 Å². The molecule has 108 valence electrons. The third kappa shape index (κ3) is 1.96. The van der Waals surface area contributed by atoms with Gasteiger partial charge in [0.15, 0.2) is 0 Å². The fourth-order valence-electron chi connectivity index (χ4n) is 3.28. The Labute approximate surface area is 123 Å². The van der Waals surface area contributed by atoms with Gasteiger partial charge in [-0.1, -0.05) is 24.3 Å². The lowest BCUT2D eigenvalue weighted by Crippen LogP contribution is -2.31. The zero-order valence-corrected chi connectivity index (χ0v) is 12.0. The van der Waals surface area contributed by atoms with Crippen molar-refractivity contribution in [3.05, 3.63) is 48.0 Å². The van der Waals surface area contributed by atoms with Crippen LogP contribution in [-0.2, 0) is 4.74 Å². The molecule has 0 saturated carbocycles. The third-order valence-electron chi connectivity index (χ3n) is 4.54. The summed E-state index contributed by atoms with van der Waals surface area (Å²) in [4.78, 5) is 0. The molecule has 3 aromatic rings. The fourth-order valence-corrected chi connectivity index (χ4v) is 3.28. The summed E-state index contributed by atoms with van der Waals surface area (Å²) in [6, 6.07) is 13.9. The minimum atomic E-state index is -0.613. The van der Waals surface area contributed by atoms with Crippen LogP contribution in [-0.4, -0.2) is 17.3 Å². The van der Waals surface area contributed by atoms with Crippen LogP contribution < -0.4 is 0 Å². The average molecular weight is 282 g/mol. The minimum Gasteiger partial charge on any atom is -0.456 e. The maximum Gasteiger partial charge on any atom is 0.135 e. The Bertz CT molecular complexity index is 796. The molecule has 21 heavy (non-hydrogen) atoms. The van der Waals surface area contributed by atoms with Crippen molar-refractivity contribution in [2.24, 2.45) is 0 Å². The summed E-state index contributed by atoms with van der Waals surface area (Å²) in [6.07, 6.45) is 1.28. The van der Waals surface area contributed by atoms with Gasteiger partial charge in [0.05, 0.1) is 5.60 Å². The van der Waals surface area contributed by atoms with E-state index in [-0.39, 0.29) is 0 Å². The Morgan fingerprint density at radius 3 is 2.71 bits per heavy atom. The number of fused-ring (bicyclic) bond motifs is 3. The van der Waals surface area contributed by atoms with E-state index in [1.165, 1.54) is 0 Å². The number of hydrogen-bond acceptors (Lipinski definition) is 3. The first-order chi connectivity index (χ1) is 10.2. The summed E-state index contributed by atoms with van der Waals surface area (Å²) in [5.74, 6) is 0. The summed E-state index contributed by atoms with van der Waals surface area (Å²) in [6.45, 7) is 2.72. The molecule has 0 aliphatic carbocycles. The normalized spacial score (nSPS) is 23.9. The summed E-state index contributed by atoms with van der Waals surface area (Å²) >= 11 is 0. The van der Waals surface area contributed by atoms with Gasteiger partial charge in [0.2, 0.25) is 0 Å². The lowest BCUT2D eigenvalue weighted by molar-refractivity contribution is -0.0795. The van der Waals surface area contributed by atoms with Crippen molar-refractivity contribution in [2.75, 3.05) is 6.61 Å². The van der Waals surface area contributed by atoms with E-state index in [9.17, 15) is 5.11 Å². The Hall–Kier alpha value is -1.84. The number of benzene rings is 2. The molecule has 1 N–H and O–H groups in total. The van der Waals surface area contributed by atoms with E-state index < -0.39 is 11.7 Å². The zero-order valence-electron chi connectivity index (χ0n) is 12.0. The molecular weight excluding hydrogens is 264 g/mol. The van der Waals surface area contributed by atoms with Crippen molar-refractivity contribution >= 4 is 21.9 Å². The van der Waals surface area contributed by atoms with Gasteiger partial charge in [-0.25, -0.2) is 0 Å². The molecule has 3 nitrogen and oxygen atoms in total. The lowest BCUT2D eigenvalue weighted by atomic mass is 9.89. The number of hydrogen-bond donors (Lipinski definition) is 1. The van der Waals surface area contributed by atoms with Crippen LogP contribution in [0.2, 0.25) is 0 Å². The summed E-state index contributed by atoms with van der Waals surface area (Å²) in [5.41, 5.74) is 2.14. The van der Waals surface area contributed by atoms with Crippen molar-refractivity contribution in [3.63, 3.8) is 0 Å². The molecule has 0 spiro atoms. The number of ether oxygens (including phenoxy) is 1. The molecule has 2 heterocycles. The SMILES string of the molecule is CC1(C(O)c2ccc3oc4ccccc4c3c2)CCCO1. The van der Waals surface area contributed by atoms with Gasteiger partial charge in [0.25, 0.3) is 0 Å². The molecule has 2 aromatic carbocycles. The number of rotatable bonds is 2. The molecule has 2 unspecified atom stereocenters. The van der Waals surface area contributed by atoms with Gasteiger partial charge in [-0.3, -0.25) is 0 Å². The van der Waals surface area contributed by atoms with Crippen LogP contribution in [0.5, 0.6) is 0 Å². The van der Waals surface area contributed by atoms with Crippen molar-refractivity contribution in [2.45, 2.75) is 31.5 Å². The quantitative estimate of drug-likeness (QED) is 0.766. The average Bonchev–Trinajstić information content (AvgIpc) is 3.10. The van der Waals surface area contributed by atoms with Crippen LogP contribution in [0.3, 0.4) is 0 Å². The fraction of sp³-hybridized carbons (Fsp3) is 0.333. The number of aliphatic hydroxyl groups is 1. The van der Waals surface area contributed by atoms with Crippen LogP contribution in [0, 0.1) is 0 Å². The molecule has 1 aliphatic heterocycles. The van der Waals surface area contributed by atoms with Gasteiger partial charge >= 0.3 is 0 Å². The predicted octanol–water partition coefficient (Wildman–Crippen LogP) is 4.19. The largest absolute Gasteiger partial charge is 0.456 e. The van der Waals surface area contributed by atoms with Crippen molar-refractivity contribution in [1.29, 1.82) is 0 Å². The van der Waals surface area contributed by atoms with E-state index in [4.69, 9.17) is 9.15 Å². The zero-order chi connectivity index (χ0) is 14.4. The van der Waals surface area contributed by atoms with Gasteiger partial charge in [0, 0.05) is 17.4 Å².